The molecule has 1 aromatic carbocycles. The van der Waals surface area contributed by atoms with Gasteiger partial charge in [-0.05, 0) is 62.9 Å². The Morgan fingerprint density at radius 1 is 1.32 bits per heavy atom. The highest BCUT2D eigenvalue weighted by molar-refractivity contribution is 5.96. The second-order valence-corrected chi connectivity index (χ2v) is 5.85. The Labute approximate surface area is 115 Å². The van der Waals surface area contributed by atoms with E-state index in [2.05, 4.69) is 0 Å². The Morgan fingerprint density at radius 3 is 2.37 bits per heavy atom. The van der Waals surface area contributed by atoms with Gasteiger partial charge >= 0.3 is 0 Å². The third-order valence-electron chi connectivity index (χ3n) is 3.93. The van der Waals surface area contributed by atoms with Crippen molar-refractivity contribution in [2.75, 3.05) is 6.54 Å². The minimum Gasteiger partial charge on any atom is -0.491 e. The molecular weight excluding hydrogens is 238 g/mol. The van der Waals surface area contributed by atoms with E-state index in [1.165, 1.54) is 6.42 Å². The van der Waals surface area contributed by atoms with Crippen LogP contribution in [0.3, 0.4) is 0 Å². The van der Waals surface area contributed by atoms with Crippen molar-refractivity contribution in [3.05, 3.63) is 29.8 Å². The average Bonchev–Trinajstić information content (AvgIpc) is 2.34. The summed E-state index contributed by atoms with van der Waals surface area (Å²) in [5.74, 6) is 1.00. The molecule has 0 heterocycles. The number of carbonyl (C=O) groups excluding carboxylic acids is 1. The number of ether oxygens (including phenoxy) is 1. The maximum absolute atomic E-state index is 12.2. The molecule has 0 aromatic heterocycles. The fourth-order valence-electron chi connectivity index (χ4n) is 2.56. The van der Waals surface area contributed by atoms with Gasteiger partial charge in [-0.3, -0.25) is 4.79 Å². The summed E-state index contributed by atoms with van der Waals surface area (Å²) in [4.78, 5) is 12.2. The Balaban J connectivity index is 1.99. The highest BCUT2D eigenvalue weighted by Crippen LogP contribution is 2.43. The molecule has 1 aromatic rings. The van der Waals surface area contributed by atoms with Crippen molar-refractivity contribution in [3.8, 4) is 5.75 Å². The lowest BCUT2D eigenvalue weighted by Crippen LogP contribution is -2.39. The molecule has 1 fully saturated rings. The summed E-state index contributed by atoms with van der Waals surface area (Å²) < 4.78 is 5.57. The van der Waals surface area contributed by atoms with E-state index in [1.807, 2.05) is 38.1 Å². The highest BCUT2D eigenvalue weighted by atomic mass is 16.5. The molecule has 3 nitrogen and oxygen atoms in total. The molecule has 1 saturated carbocycles. The van der Waals surface area contributed by atoms with E-state index in [0.29, 0.717) is 13.0 Å². The van der Waals surface area contributed by atoms with Crippen LogP contribution in [-0.2, 0) is 0 Å². The Kier molecular flexibility index (Phi) is 4.25. The second kappa shape index (κ2) is 5.74. The average molecular weight is 261 g/mol. The molecule has 3 heteroatoms. The van der Waals surface area contributed by atoms with Gasteiger partial charge < -0.3 is 10.5 Å². The topological polar surface area (TPSA) is 52.3 Å². The first kappa shape index (κ1) is 14.1. The van der Waals surface area contributed by atoms with Crippen LogP contribution in [0.2, 0.25) is 0 Å². The van der Waals surface area contributed by atoms with Crippen LogP contribution in [0, 0.1) is 5.41 Å². The molecule has 0 spiro atoms. The van der Waals surface area contributed by atoms with E-state index >= 15 is 0 Å². The summed E-state index contributed by atoms with van der Waals surface area (Å²) >= 11 is 0. The Bertz CT molecular complexity index is 427. The first-order valence-corrected chi connectivity index (χ1v) is 7.05. The van der Waals surface area contributed by atoms with E-state index in [1.54, 1.807) is 0 Å². The van der Waals surface area contributed by atoms with E-state index in [4.69, 9.17) is 10.5 Å². The van der Waals surface area contributed by atoms with E-state index in [9.17, 15) is 4.79 Å². The molecule has 0 atom stereocenters. The molecule has 0 bridgehead atoms. The lowest BCUT2D eigenvalue weighted by Gasteiger charge is -2.40. The standard InChI is InChI=1S/C16H23NO2/c1-12(2)19-14-6-4-13(5-7-14)15(18)10-16(11-17)8-3-9-16/h4-7,12H,3,8-11,17H2,1-2H3. The molecule has 0 aliphatic heterocycles. The number of carbonyl (C=O) groups is 1. The van der Waals surface area contributed by atoms with Gasteiger partial charge in [0.2, 0.25) is 0 Å². The van der Waals surface area contributed by atoms with Crippen molar-refractivity contribution in [1.82, 2.24) is 0 Å². The van der Waals surface area contributed by atoms with Crippen LogP contribution >= 0.6 is 0 Å². The van der Waals surface area contributed by atoms with Crippen LogP contribution in [0.4, 0.5) is 0 Å². The summed E-state index contributed by atoms with van der Waals surface area (Å²) in [6, 6.07) is 7.43. The quantitative estimate of drug-likeness (QED) is 0.800. The van der Waals surface area contributed by atoms with Crippen LogP contribution in [0.15, 0.2) is 24.3 Å². The molecule has 1 aliphatic rings. The summed E-state index contributed by atoms with van der Waals surface area (Å²) in [5, 5.41) is 0. The van der Waals surface area contributed by atoms with Gasteiger partial charge in [-0.25, -0.2) is 0 Å². The zero-order valence-corrected chi connectivity index (χ0v) is 11.8. The first-order chi connectivity index (χ1) is 9.04. The molecule has 0 unspecified atom stereocenters. The third kappa shape index (κ3) is 3.35. The van der Waals surface area contributed by atoms with Crippen molar-refractivity contribution < 1.29 is 9.53 Å². The Hall–Kier alpha value is -1.35. The van der Waals surface area contributed by atoms with Gasteiger partial charge in [0, 0.05) is 12.0 Å². The molecule has 0 radical (unpaired) electrons. The van der Waals surface area contributed by atoms with E-state index in [-0.39, 0.29) is 17.3 Å². The van der Waals surface area contributed by atoms with Gasteiger partial charge in [-0.15, -0.1) is 0 Å². The Morgan fingerprint density at radius 2 is 1.95 bits per heavy atom. The molecule has 2 rings (SSSR count). The smallest absolute Gasteiger partial charge is 0.163 e. The summed E-state index contributed by atoms with van der Waals surface area (Å²) in [5.41, 5.74) is 6.64. The van der Waals surface area contributed by atoms with Crippen molar-refractivity contribution in [3.63, 3.8) is 0 Å². The molecule has 2 N–H and O–H groups in total. The lowest BCUT2D eigenvalue weighted by molar-refractivity contribution is 0.0786. The largest absolute Gasteiger partial charge is 0.491 e. The van der Waals surface area contributed by atoms with Crippen LogP contribution < -0.4 is 10.5 Å². The number of hydrogen-bond acceptors (Lipinski definition) is 3. The van der Waals surface area contributed by atoms with Crippen molar-refractivity contribution >= 4 is 5.78 Å². The SMILES string of the molecule is CC(C)Oc1ccc(C(=O)CC2(CN)CCC2)cc1. The van der Waals surface area contributed by atoms with Gasteiger partial charge in [0.25, 0.3) is 0 Å². The van der Waals surface area contributed by atoms with Gasteiger partial charge in [0.05, 0.1) is 6.10 Å². The molecular formula is C16H23NO2. The third-order valence-corrected chi connectivity index (χ3v) is 3.93. The maximum Gasteiger partial charge on any atom is 0.163 e. The minimum atomic E-state index is 0.0736. The molecule has 104 valence electrons. The predicted octanol–water partition coefficient (Wildman–Crippen LogP) is 3.18. The van der Waals surface area contributed by atoms with Gasteiger partial charge in [-0.2, -0.15) is 0 Å². The lowest BCUT2D eigenvalue weighted by atomic mass is 9.65. The maximum atomic E-state index is 12.2. The molecule has 0 saturated heterocycles. The van der Waals surface area contributed by atoms with Gasteiger partial charge in [0.15, 0.2) is 5.78 Å². The zero-order valence-electron chi connectivity index (χ0n) is 11.8. The number of hydrogen-bond donors (Lipinski definition) is 1. The second-order valence-electron chi connectivity index (χ2n) is 5.85. The number of ketones is 1. The van der Waals surface area contributed by atoms with E-state index in [0.717, 1.165) is 24.2 Å². The summed E-state index contributed by atoms with van der Waals surface area (Å²) in [6.45, 7) is 4.59. The van der Waals surface area contributed by atoms with Crippen LogP contribution in [0.5, 0.6) is 5.75 Å². The molecule has 19 heavy (non-hydrogen) atoms. The first-order valence-electron chi connectivity index (χ1n) is 7.05. The number of benzene rings is 1. The molecule has 1 aliphatic carbocycles. The van der Waals surface area contributed by atoms with Gasteiger partial charge in [0.1, 0.15) is 5.75 Å². The highest BCUT2D eigenvalue weighted by Gasteiger charge is 2.37. The fourth-order valence-corrected chi connectivity index (χ4v) is 2.56. The van der Waals surface area contributed by atoms with E-state index < -0.39 is 0 Å². The number of nitrogens with two attached hydrogens (primary N) is 1. The predicted molar refractivity (Wildman–Crippen MR) is 76.5 cm³/mol. The monoisotopic (exact) mass is 261 g/mol. The minimum absolute atomic E-state index is 0.0736. The van der Waals surface area contributed by atoms with Crippen molar-refractivity contribution in [2.24, 2.45) is 11.1 Å². The summed E-state index contributed by atoms with van der Waals surface area (Å²) in [7, 11) is 0. The number of Topliss-reactive ketones (excluding diaryl/α,β-unsaturated/α-hetero) is 1. The van der Waals surface area contributed by atoms with Crippen LogP contribution in [-0.4, -0.2) is 18.4 Å². The zero-order chi connectivity index (χ0) is 13.9. The van der Waals surface area contributed by atoms with Crippen molar-refractivity contribution in [2.45, 2.75) is 45.6 Å². The van der Waals surface area contributed by atoms with Crippen LogP contribution in [0.25, 0.3) is 0 Å². The summed E-state index contributed by atoms with van der Waals surface area (Å²) in [6.07, 6.45) is 4.10. The normalized spacial score (nSPS) is 17.1. The van der Waals surface area contributed by atoms with Gasteiger partial charge in [-0.1, -0.05) is 6.42 Å². The number of rotatable bonds is 6. The van der Waals surface area contributed by atoms with Crippen LogP contribution in [0.1, 0.15) is 49.9 Å². The van der Waals surface area contributed by atoms with Crippen molar-refractivity contribution in [1.29, 1.82) is 0 Å². The molecule has 0 amide bonds. The fraction of sp³-hybridized carbons (Fsp3) is 0.562.